The number of fused-ring (bicyclic) bond motifs is 4. The maximum atomic E-state index is 4.95. The van der Waals surface area contributed by atoms with Crippen LogP contribution in [0.15, 0.2) is 194 Å². The molecule has 0 N–H and O–H groups in total. The standard InChI is InChI=1S/C48H32N4S/c1-4-12-33(13-5-1)35-20-25-39(26-21-35)51(40-27-22-36(23-28-40)34-14-6-2-7-15-34)46-31-29-41(47-48(46)50-53-49-47)37-24-30-45-43(32-37)42-18-10-11-19-44(42)52(45)38-16-8-3-9-17-38/h1-32H. The average Bonchev–Trinajstić information content (AvgIpc) is 3.86. The Bertz CT molecular complexity index is 2780. The lowest BCUT2D eigenvalue weighted by atomic mass is 9.99. The number of benzene rings is 8. The summed E-state index contributed by atoms with van der Waals surface area (Å²) in [7, 11) is 0. The Morgan fingerprint density at radius 3 is 1.55 bits per heavy atom. The lowest BCUT2D eigenvalue weighted by Crippen LogP contribution is -2.10. The predicted octanol–water partition coefficient (Wildman–Crippen LogP) is 13.3. The molecule has 0 fully saturated rings. The second kappa shape index (κ2) is 13.1. The zero-order valence-corrected chi connectivity index (χ0v) is 29.5. The van der Waals surface area contributed by atoms with Gasteiger partial charge in [0.15, 0.2) is 0 Å². The van der Waals surface area contributed by atoms with Gasteiger partial charge in [-0.25, -0.2) is 0 Å². The minimum absolute atomic E-state index is 0.874. The molecule has 0 atom stereocenters. The van der Waals surface area contributed by atoms with E-state index >= 15 is 0 Å². The first-order valence-corrected chi connectivity index (χ1v) is 18.5. The van der Waals surface area contributed by atoms with Crippen molar-refractivity contribution in [2.24, 2.45) is 0 Å². The van der Waals surface area contributed by atoms with Crippen molar-refractivity contribution >= 4 is 61.6 Å². The number of hydrogen-bond acceptors (Lipinski definition) is 4. The molecule has 10 rings (SSSR count). The third kappa shape index (κ3) is 5.46. The van der Waals surface area contributed by atoms with E-state index in [2.05, 4.69) is 204 Å². The van der Waals surface area contributed by atoms with Gasteiger partial charge in [0.1, 0.15) is 11.0 Å². The predicted molar refractivity (Wildman–Crippen MR) is 223 cm³/mol. The molecule has 0 aliphatic rings. The number of hydrogen-bond donors (Lipinski definition) is 0. The SMILES string of the molecule is c1ccc(-c2ccc(N(c3ccc(-c4ccccc4)cc3)c3ccc(-c4ccc5c(c4)c4ccccc4n5-c4ccccc4)c4nsnc34)cc2)cc1. The van der Waals surface area contributed by atoms with Crippen LogP contribution in [-0.2, 0) is 0 Å². The highest BCUT2D eigenvalue weighted by Gasteiger charge is 2.21. The summed E-state index contributed by atoms with van der Waals surface area (Å²) < 4.78 is 12.2. The molecule has 0 spiro atoms. The van der Waals surface area contributed by atoms with Crippen molar-refractivity contribution in [2.75, 3.05) is 4.90 Å². The van der Waals surface area contributed by atoms with Gasteiger partial charge in [-0.05, 0) is 94.5 Å². The Hall–Kier alpha value is -6.82. The average molecular weight is 697 g/mol. The molecule has 4 nitrogen and oxygen atoms in total. The van der Waals surface area contributed by atoms with Crippen LogP contribution in [0.3, 0.4) is 0 Å². The number of aromatic nitrogens is 3. The van der Waals surface area contributed by atoms with Crippen LogP contribution in [0.4, 0.5) is 17.1 Å². The second-order valence-electron chi connectivity index (χ2n) is 13.2. The Labute approximate surface area is 311 Å². The number of nitrogens with zero attached hydrogens (tertiary/aromatic N) is 4. The third-order valence-corrected chi connectivity index (χ3v) is 10.6. The Balaban J connectivity index is 1.11. The Kier molecular flexibility index (Phi) is 7.63. The molecule has 0 bridgehead atoms. The van der Waals surface area contributed by atoms with Crippen LogP contribution in [0, 0.1) is 0 Å². The molecule has 250 valence electrons. The molecule has 0 saturated heterocycles. The topological polar surface area (TPSA) is 34.0 Å². The maximum Gasteiger partial charge on any atom is 0.129 e. The van der Waals surface area contributed by atoms with Crippen LogP contribution < -0.4 is 4.90 Å². The van der Waals surface area contributed by atoms with Gasteiger partial charge < -0.3 is 9.47 Å². The number of rotatable bonds is 7. The van der Waals surface area contributed by atoms with Crippen LogP contribution in [0.2, 0.25) is 0 Å². The van der Waals surface area contributed by atoms with Crippen LogP contribution >= 0.6 is 11.7 Å². The molecular formula is C48H32N4S. The zero-order chi connectivity index (χ0) is 35.1. The van der Waals surface area contributed by atoms with Gasteiger partial charge in [-0.3, -0.25) is 0 Å². The van der Waals surface area contributed by atoms with Gasteiger partial charge >= 0.3 is 0 Å². The maximum absolute atomic E-state index is 4.95. The highest BCUT2D eigenvalue weighted by molar-refractivity contribution is 7.00. The summed E-state index contributed by atoms with van der Waals surface area (Å²) in [5.41, 5.74) is 15.3. The number of anilines is 3. The zero-order valence-electron chi connectivity index (χ0n) is 28.7. The molecule has 0 saturated carbocycles. The molecule has 53 heavy (non-hydrogen) atoms. The van der Waals surface area contributed by atoms with Gasteiger partial charge in [0.25, 0.3) is 0 Å². The van der Waals surface area contributed by atoms with Crippen molar-refractivity contribution in [3.05, 3.63) is 194 Å². The van der Waals surface area contributed by atoms with Crippen molar-refractivity contribution < 1.29 is 0 Å². The monoisotopic (exact) mass is 696 g/mol. The van der Waals surface area contributed by atoms with Crippen LogP contribution in [0.25, 0.3) is 71.9 Å². The normalized spacial score (nSPS) is 11.4. The summed E-state index contributed by atoms with van der Waals surface area (Å²) in [5, 5.41) is 2.43. The van der Waals surface area contributed by atoms with Crippen molar-refractivity contribution in [3.63, 3.8) is 0 Å². The van der Waals surface area contributed by atoms with Crippen LogP contribution in [0.1, 0.15) is 0 Å². The van der Waals surface area contributed by atoms with Crippen molar-refractivity contribution in [1.82, 2.24) is 13.3 Å². The van der Waals surface area contributed by atoms with Gasteiger partial charge in [-0.1, -0.05) is 127 Å². The molecule has 0 radical (unpaired) electrons. The lowest BCUT2D eigenvalue weighted by Gasteiger charge is -2.26. The minimum Gasteiger partial charge on any atom is -0.309 e. The molecule has 2 aromatic heterocycles. The lowest BCUT2D eigenvalue weighted by molar-refractivity contribution is 1.18. The fourth-order valence-electron chi connectivity index (χ4n) is 7.56. The molecule has 0 aliphatic carbocycles. The molecule has 5 heteroatoms. The van der Waals surface area contributed by atoms with E-state index in [1.165, 1.54) is 55.8 Å². The van der Waals surface area contributed by atoms with E-state index in [1.807, 2.05) is 0 Å². The molecular weight excluding hydrogens is 665 g/mol. The molecule has 0 amide bonds. The van der Waals surface area contributed by atoms with Gasteiger partial charge in [0.2, 0.25) is 0 Å². The summed E-state index contributed by atoms with van der Waals surface area (Å²) in [6.45, 7) is 0. The van der Waals surface area contributed by atoms with Crippen LogP contribution in [-0.4, -0.2) is 13.3 Å². The van der Waals surface area contributed by atoms with E-state index < -0.39 is 0 Å². The molecule has 8 aromatic carbocycles. The van der Waals surface area contributed by atoms with Gasteiger partial charge in [-0.2, -0.15) is 8.75 Å². The molecule has 2 heterocycles. The van der Waals surface area contributed by atoms with Crippen molar-refractivity contribution in [2.45, 2.75) is 0 Å². The summed E-state index contributed by atoms with van der Waals surface area (Å²) in [4.78, 5) is 2.30. The highest BCUT2D eigenvalue weighted by atomic mass is 32.1. The van der Waals surface area contributed by atoms with E-state index in [0.29, 0.717) is 0 Å². The smallest absolute Gasteiger partial charge is 0.129 e. The van der Waals surface area contributed by atoms with Crippen molar-refractivity contribution in [1.29, 1.82) is 0 Å². The first kappa shape index (κ1) is 31.0. The van der Waals surface area contributed by atoms with E-state index in [-0.39, 0.29) is 0 Å². The van der Waals surface area contributed by atoms with E-state index in [4.69, 9.17) is 8.75 Å². The van der Waals surface area contributed by atoms with E-state index in [1.54, 1.807) is 0 Å². The van der Waals surface area contributed by atoms with Gasteiger partial charge in [0.05, 0.1) is 28.4 Å². The quantitative estimate of drug-likeness (QED) is 0.166. The fourth-order valence-corrected chi connectivity index (χ4v) is 8.13. The Morgan fingerprint density at radius 1 is 0.396 bits per heavy atom. The summed E-state index contributed by atoms with van der Waals surface area (Å²) in [5.74, 6) is 0. The summed E-state index contributed by atoms with van der Waals surface area (Å²) in [6, 6.07) is 69.0. The molecule has 0 unspecified atom stereocenters. The first-order valence-electron chi connectivity index (χ1n) is 17.8. The van der Waals surface area contributed by atoms with E-state index in [0.717, 1.165) is 44.9 Å². The van der Waals surface area contributed by atoms with E-state index in [9.17, 15) is 0 Å². The summed E-state index contributed by atoms with van der Waals surface area (Å²) >= 11 is 1.26. The largest absolute Gasteiger partial charge is 0.309 e. The van der Waals surface area contributed by atoms with Crippen LogP contribution in [0.5, 0.6) is 0 Å². The highest BCUT2D eigenvalue weighted by Crippen LogP contribution is 2.43. The minimum atomic E-state index is 0.874. The summed E-state index contributed by atoms with van der Waals surface area (Å²) in [6.07, 6.45) is 0. The second-order valence-corrected chi connectivity index (χ2v) is 13.7. The van der Waals surface area contributed by atoms with Gasteiger partial charge in [0, 0.05) is 33.4 Å². The molecule has 10 aromatic rings. The van der Waals surface area contributed by atoms with Crippen molar-refractivity contribution in [3.8, 4) is 39.1 Å². The van der Waals surface area contributed by atoms with Gasteiger partial charge in [-0.15, -0.1) is 0 Å². The number of para-hydroxylation sites is 2. The fraction of sp³-hybridized carbons (Fsp3) is 0. The third-order valence-electron chi connectivity index (χ3n) is 10.1. The Morgan fingerprint density at radius 2 is 0.906 bits per heavy atom. The first-order chi connectivity index (χ1) is 26.3. The molecule has 0 aliphatic heterocycles.